The van der Waals surface area contributed by atoms with Crippen LogP contribution < -0.4 is 0 Å². The summed E-state index contributed by atoms with van der Waals surface area (Å²) >= 11 is 0. The largest absolute Gasteiger partial charge is 0.505 e. The van der Waals surface area contributed by atoms with Gasteiger partial charge >= 0.3 is 0 Å². The number of allylic oxidation sites excluding steroid dienone is 2. The average Bonchev–Trinajstić information content (AvgIpc) is 3.30. The van der Waals surface area contributed by atoms with Gasteiger partial charge in [-0.1, -0.05) is 73.9 Å². The van der Waals surface area contributed by atoms with Gasteiger partial charge < -0.3 is 15.3 Å². The molecule has 0 spiro atoms. The van der Waals surface area contributed by atoms with Gasteiger partial charge in [0.15, 0.2) is 11.6 Å². The predicted molar refractivity (Wildman–Crippen MR) is 172 cm³/mol. The third-order valence-electron chi connectivity index (χ3n) is 10.0. The van der Waals surface area contributed by atoms with Crippen LogP contribution in [0.1, 0.15) is 76.3 Å². The minimum atomic E-state index is -0.868. The van der Waals surface area contributed by atoms with Crippen molar-refractivity contribution in [2.24, 2.45) is 17.8 Å². The first-order valence-corrected chi connectivity index (χ1v) is 16.6. The highest BCUT2D eigenvalue weighted by Gasteiger charge is 2.56. The van der Waals surface area contributed by atoms with Gasteiger partial charge in [-0.3, -0.25) is 19.4 Å². The number of fused-ring (bicyclic) bond motifs is 1. The quantitative estimate of drug-likeness (QED) is 0.204. The van der Waals surface area contributed by atoms with Crippen molar-refractivity contribution in [1.29, 1.82) is 0 Å². The fourth-order valence-electron chi connectivity index (χ4n) is 7.78. The monoisotopic (exact) mass is 618 g/mol. The number of hydrogen-bond acceptors (Lipinski definition) is 6. The number of carbonyl (C=O) groups is 2. The molecule has 2 aliphatic heterocycles. The standard InChI is InChI=1S/C37H47FN2O5/c1-3-8-24(19-26-12-13-32(42)31(38)20-26)11-14-33(43)34-27(4-2)21-29-35(30(34)23-41)37(45)40(36(29)44)28-15-17-39(18-16-28)22-25-9-6-5-7-10-25/h5-7,9-10,12-13,19-20,28-30,33,35,41-43H,3-4,8,11,14-18,21-23H2,1-2H3/b24-19+/t29-,30+,33-,35-/m1/s1. The molecular formula is C37H47FN2O5. The second-order valence-corrected chi connectivity index (χ2v) is 12.9. The summed E-state index contributed by atoms with van der Waals surface area (Å²) in [5.41, 5.74) is 4.62. The Morgan fingerprint density at radius 1 is 1.04 bits per heavy atom. The van der Waals surface area contributed by atoms with Crippen molar-refractivity contribution in [3.63, 3.8) is 0 Å². The molecule has 3 N–H and O–H groups in total. The lowest BCUT2D eigenvalue weighted by molar-refractivity contribution is -0.144. The van der Waals surface area contributed by atoms with Crippen LogP contribution >= 0.6 is 0 Å². The van der Waals surface area contributed by atoms with E-state index in [0.29, 0.717) is 36.8 Å². The van der Waals surface area contributed by atoms with Crippen LogP contribution in [0.3, 0.4) is 0 Å². The van der Waals surface area contributed by atoms with Crippen LogP contribution in [-0.4, -0.2) is 68.8 Å². The third-order valence-corrected chi connectivity index (χ3v) is 10.0. The minimum absolute atomic E-state index is 0.126. The van der Waals surface area contributed by atoms with E-state index in [2.05, 4.69) is 24.0 Å². The van der Waals surface area contributed by atoms with Crippen molar-refractivity contribution < 1.29 is 29.3 Å². The second-order valence-electron chi connectivity index (χ2n) is 12.9. The first kappa shape index (κ1) is 33.0. The lowest BCUT2D eigenvalue weighted by Gasteiger charge is -2.37. The number of phenolic OH excluding ortho intramolecular Hbond substituents is 1. The molecule has 2 heterocycles. The number of nitrogens with zero attached hydrogens (tertiary/aromatic N) is 2. The highest BCUT2D eigenvalue weighted by atomic mass is 19.1. The Morgan fingerprint density at radius 3 is 2.42 bits per heavy atom. The number of imide groups is 1. The number of aliphatic hydroxyl groups is 2. The maximum atomic E-state index is 14.0. The fourth-order valence-corrected chi connectivity index (χ4v) is 7.78. The molecule has 45 heavy (non-hydrogen) atoms. The van der Waals surface area contributed by atoms with Crippen LogP contribution in [0, 0.1) is 23.6 Å². The molecule has 0 saturated carbocycles. The van der Waals surface area contributed by atoms with Gasteiger partial charge in [0.2, 0.25) is 11.8 Å². The van der Waals surface area contributed by atoms with Gasteiger partial charge in [-0.2, -0.15) is 0 Å². The summed E-state index contributed by atoms with van der Waals surface area (Å²) in [6.07, 6.45) is 6.17. The van der Waals surface area contributed by atoms with Crippen molar-refractivity contribution in [3.8, 4) is 5.75 Å². The summed E-state index contributed by atoms with van der Waals surface area (Å²) in [6.45, 7) is 6.22. The second kappa shape index (κ2) is 14.8. The first-order valence-electron chi connectivity index (χ1n) is 16.6. The van der Waals surface area contributed by atoms with E-state index in [1.807, 2.05) is 31.2 Å². The van der Waals surface area contributed by atoms with Crippen molar-refractivity contribution >= 4 is 17.9 Å². The van der Waals surface area contributed by atoms with Crippen LogP contribution in [0.25, 0.3) is 6.08 Å². The van der Waals surface area contributed by atoms with Crippen molar-refractivity contribution in [1.82, 2.24) is 9.80 Å². The number of aromatic hydroxyl groups is 1. The maximum absolute atomic E-state index is 14.0. The van der Waals surface area contributed by atoms with Crippen molar-refractivity contribution in [2.45, 2.75) is 83.9 Å². The van der Waals surface area contributed by atoms with E-state index in [9.17, 15) is 29.3 Å². The molecule has 242 valence electrons. The molecule has 5 rings (SSSR count). The van der Waals surface area contributed by atoms with E-state index in [0.717, 1.165) is 56.5 Å². The van der Waals surface area contributed by atoms with Gasteiger partial charge in [-0.15, -0.1) is 0 Å². The molecule has 2 saturated heterocycles. The van der Waals surface area contributed by atoms with Gasteiger partial charge in [-0.25, -0.2) is 4.39 Å². The van der Waals surface area contributed by atoms with Crippen LogP contribution in [0.5, 0.6) is 5.75 Å². The zero-order valence-electron chi connectivity index (χ0n) is 26.5. The lowest BCUT2D eigenvalue weighted by Crippen LogP contribution is -2.47. The molecule has 4 atom stereocenters. The topological polar surface area (TPSA) is 101 Å². The number of rotatable bonds is 12. The van der Waals surface area contributed by atoms with Crippen molar-refractivity contribution in [3.05, 3.63) is 82.2 Å². The minimum Gasteiger partial charge on any atom is -0.505 e. The van der Waals surface area contributed by atoms with E-state index in [-0.39, 0.29) is 24.5 Å². The summed E-state index contributed by atoms with van der Waals surface area (Å²) in [7, 11) is 0. The van der Waals surface area contributed by atoms with E-state index in [4.69, 9.17) is 0 Å². The highest BCUT2D eigenvalue weighted by molar-refractivity contribution is 6.06. The lowest BCUT2D eigenvalue weighted by atomic mass is 9.67. The normalized spacial score (nSPS) is 24.0. The molecule has 2 aromatic rings. The third kappa shape index (κ3) is 7.24. The smallest absolute Gasteiger partial charge is 0.234 e. The number of likely N-dealkylation sites (tertiary alicyclic amines) is 2. The predicted octanol–water partition coefficient (Wildman–Crippen LogP) is 5.84. The zero-order valence-corrected chi connectivity index (χ0v) is 26.5. The number of amides is 2. The summed E-state index contributed by atoms with van der Waals surface area (Å²) in [4.78, 5) is 31.7. The molecule has 8 heteroatoms. The van der Waals surface area contributed by atoms with Gasteiger partial charge in [0.25, 0.3) is 0 Å². The molecular weight excluding hydrogens is 571 g/mol. The Bertz CT molecular complexity index is 1420. The number of carbonyl (C=O) groups excluding carboxylic acids is 2. The molecule has 3 aliphatic rings. The first-order chi connectivity index (χ1) is 21.7. The SMILES string of the molecule is CCC/C(=C\c1ccc(O)c(F)c1)CC[C@@H](O)C1=C(CC)C[C@H]2C(=O)N(C3CCN(Cc4ccccc4)CC3)C(=O)[C@H]2[C@H]1CO. The van der Waals surface area contributed by atoms with Gasteiger partial charge in [0.05, 0.1) is 24.5 Å². The Labute approximate surface area is 266 Å². The molecule has 0 radical (unpaired) electrons. The number of piperidine rings is 1. The molecule has 2 aromatic carbocycles. The van der Waals surface area contributed by atoms with Crippen LogP contribution in [0.2, 0.25) is 0 Å². The molecule has 2 amide bonds. The Kier molecular flexibility index (Phi) is 10.9. The number of hydrogen-bond donors (Lipinski definition) is 3. The zero-order chi connectivity index (χ0) is 32.1. The summed E-state index contributed by atoms with van der Waals surface area (Å²) in [6, 6.07) is 14.4. The van der Waals surface area contributed by atoms with Crippen LogP contribution in [-0.2, 0) is 16.1 Å². The Morgan fingerprint density at radius 2 is 1.78 bits per heavy atom. The summed E-state index contributed by atoms with van der Waals surface area (Å²) < 4.78 is 13.9. The molecule has 0 unspecified atom stereocenters. The van der Waals surface area contributed by atoms with Gasteiger partial charge in [-0.05, 0) is 73.8 Å². The van der Waals surface area contributed by atoms with E-state index in [1.165, 1.54) is 22.6 Å². The summed E-state index contributed by atoms with van der Waals surface area (Å²) in [5.74, 6) is -3.15. The Hall–Kier alpha value is -3.33. The van der Waals surface area contributed by atoms with Gasteiger partial charge in [0, 0.05) is 31.6 Å². The maximum Gasteiger partial charge on any atom is 0.234 e. The van der Waals surface area contributed by atoms with Crippen molar-refractivity contribution in [2.75, 3.05) is 19.7 Å². The number of aliphatic hydroxyl groups excluding tert-OH is 2. The fraction of sp³-hybridized carbons (Fsp3) is 0.514. The van der Waals surface area contributed by atoms with Crippen LogP contribution in [0.15, 0.2) is 65.3 Å². The van der Waals surface area contributed by atoms with E-state index < -0.39 is 35.4 Å². The molecule has 1 aliphatic carbocycles. The van der Waals surface area contributed by atoms with Gasteiger partial charge in [0.1, 0.15) is 0 Å². The van der Waals surface area contributed by atoms with E-state index in [1.54, 1.807) is 6.07 Å². The summed E-state index contributed by atoms with van der Waals surface area (Å²) in [5, 5.41) is 31.8. The number of phenols is 1. The van der Waals surface area contributed by atoms with Crippen LogP contribution in [0.4, 0.5) is 4.39 Å². The molecule has 0 aromatic heterocycles. The molecule has 7 nitrogen and oxygen atoms in total. The highest BCUT2D eigenvalue weighted by Crippen LogP contribution is 2.48. The molecule has 0 bridgehead atoms. The number of halogens is 1. The van der Waals surface area contributed by atoms with E-state index >= 15 is 0 Å². The number of benzene rings is 2. The molecule has 2 fully saturated rings. The Balaban J connectivity index is 1.28. The average molecular weight is 619 g/mol.